The molecule has 0 aliphatic heterocycles. The highest BCUT2D eigenvalue weighted by molar-refractivity contribution is 5.25. The molecule has 0 bridgehead atoms. The molecule has 1 atom stereocenters. The third-order valence-corrected chi connectivity index (χ3v) is 2.59. The Kier molecular flexibility index (Phi) is 5.63. The number of benzene rings is 1. The fourth-order valence-corrected chi connectivity index (χ4v) is 1.54. The van der Waals surface area contributed by atoms with Crippen LogP contribution in [0.25, 0.3) is 0 Å². The first kappa shape index (κ1) is 12.8. The van der Waals surface area contributed by atoms with Gasteiger partial charge in [-0.25, -0.2) is 0 Å². The maximum atomic E-state index is 9.29. The minimum atomic E-state index is -0.0215. The summed E-state index contributed by atoms with van der Waals surface area (Å²) < 4.78 is 0. The Morgan fingerprint density at radius 1 is 1.31 bits per heavy atom. The molecule has 0 fully saturated rings. The van der Waals surface area contributed by atoms with Crippen LogP contribution in [0.3, 0.4) is 0 Å². The highest BCUT2D eigenvalue weighted by Gasteiger charge is 2.07. The minimum Gasteiger partial charge on any atom is -0.394 e. The molecule has 0 spiro atoms. The van der Waals surface area contributed by atoms with Crippen LogP contribution in [-0.2, 0) is 6.42 Å². The van der Waals surface area contributed by atoms with E-state index >= 15 is 0 Å². The van der Waals surface area contributed by atoms with Crippen molar-refractivity contribution in [2.45, 2.75) is 26.3 Å². The van der Waals surface area contributed by atoms with Crippen LogP contribution in [0.15, 0.2) is 24.3 Å². The average molecular weight is 217 g/mol. The summed E-state index contributed by atoms with van der Waals surface area (Å²) in [5.41, 5.74) is 2.42. The van der Waals surface area contributed by atoms with Gasteiger partial charge in [0.2, 0.25) is 0 Å². The summed E-state index contributed by atoms with van der Waals surface area (Å²) in [5, 5.41) is 12.5. The van der Waals surface area contributed by atoms with Gasteiger partial charge in [-0.05, 0) is 24.5 Å². The molecule has 0 amide bonds. The Bertz CT molecular complexity index is 359. The van der Waals surface area contributed by atoms with E-state index in [0.717, 1.165) is 12.0 Å². The lowest BCUT2D eigenvalue weighted by molar-refractivity contribution is 0.248. The Morgan fingerprint density at radius 3 is 2.50 bits per heavy atom. The predicted octanol–water partition coefficient (Wildman–Crippen LogP) is 1.90. The smallest absolute Gasteiger partial charge is 0.0626 e. The molecule has 1 aromatic rings. The summed E-state index contributed by atoms with van der Waals surface area (Å²) in [6.45, 7) is 4.65. The fraction of sp³-hybridized carbons (Fsp3) is 0.429. The van der Waals surface area contributed by atoms with Gasteiger partial charge >= 0.3 is 0 Å². The van der Waals surface area contributed by atoms with E-state index in [2.05, 4.69) is 48.3 Å². The summed E-state index contributed by atoms with van der Waals surface area (Å²) in [7, 11) is 0. The van der Waals surface area contributed by atoms with Crippen LogP contribution in [0.2, 0.25) is 0 Å². The van der Waals surface area contributed by atoms with Crippen molar-refractivity contribution in [3.63, 3.8) is 0 Å². The molecule has 0 aromatic heterocycles. The van der Waals surface area contributed by atoms with Crippen molar-refractivity contribution in [3.8, 4) is 11.8 Å². The van der Waals surface area contributed by atoms with E-state index < -0.39 is 0 Å². The first-order chi connectivity index (χ1) is 7.81. The number of aliphatic hydroxyl groups is 1. The zero-order chi connectivity index (χ0) is 11.8. The number of nitrogens with one attached hydrogen (secondary N) is 1. The summed E-state index contributed by atoms with van der Waals surface area (Å²) in [5.74, 6) is 5.76. The van der Waals surface area contributed by atoms with E-state index in [1.54, 1.807) is 0 Å². The van der Waals surface area contributed by atoms with Crippen molar-refractivity contribution in [2.24, 2.45) is 0 Å². The Morgan fingerprint density at radius 2 is 2.00 bits per heavy atom. The molecule has 16 heavy (non-hydrogen) atoms. The minimum absolute atomic E-state index is 0.0215. The van der Waals surface area contributed by atoms with E-state index in [9.17, 15) is 5.11 Å². The quantitative estimate of drug-likeness (QED) is 0.738. The van der Waals surface area contributed by atoms with E-state index in [0.29, 0.717) is 6.54 Å². The van der Waals surface area contributed by atoms with Crippen molar-refractivity contribution in [1.29, 1.82) is 0 Å². The second-order valence-corrected chi connectivity index (χ2v) is 3.64. The largest absolute Gasteiger partial charge is 0.394 e. The van der Waals surface area contributed by atoms with Gasteiger partial charge in [-0.1, -0.05) is 37.1 Å². The molecule has 2 N–H and O–H groups in total. The first-order valence-electron chi connectivity index (χ1n) is 5.64. The monoisotopic (exact) mass is 217 g/mol. The van der Waals surface area contributed by atoms with Crippen molar-refractivity contribution in [2.75, 3.05) is 13.2 Å². The molecule has 1 aromatic carbocycles. The lowest BCUT2D eigenvalue weighted by Gasteiger charge is -2.15. The molecule has 0 radical (unpaired) electrons. The van der Waals surface area contributed by atoms with Crippen LogP contribution < -0.4 is 5.32 Å². The Labute approximate surface area is 97.7 Å². The third-order valence-electron chi connectivity index (χ3n) is 2.59. The van der Waals surface area contributed by atoms with Crippen LogP contribution in [0.1, 0.15) is 31.0 Å². The summed E-state index contributed by atoms with van der Waals surface area (Å²) in [4.78, 5) is 0. The zero-order valence-corrected chi connectivity index (χ0v) is 9.96. The van der Waals surface area contributed by atoms with Crippen molar-refractivity contribution in [3.05, 3.63) is 35.4 Å². The second kappa shape index (κ2) is 7.05. The number of hydrogen-bond donors (Lipinski definition) is 2. The van der Waals surface area contributed by atoms with Crippen LogP contribution in [-0.4, -0.2) is 18.3 Å². The van der Waals surface area contributed by atoms with Crippen LogP contribution in [0, 0.1) is 11.8 Å². The van der Waals surface area contributed by atoms with E-state index in [1.807, 2.05) is 6.92 Å². The molecule has 1 rings (SSSR count). The van der Waals surface area contributed by atoms with Crippen LogP contribution >= 0.6 is 0 Å². The van der Waals surface area contributed by atoms with Gasteiger partial charge < -0.3 is 5.11 Å². The Balaban J connectivity index is 2.65. The third kappa shape index (κ3) is 3.69. The highest BCUT2D eigenvalue weighted by Crippen LogP contribution is 2.13. The number of rotatable bonds is 5. The zero-order valence-electron chi connectivity index (χ0n) is 9.96. The average Bonchev–Trinajstić information content (AvgIpc) is 2.35. The lowest BCUT2D eigenvalue weighted by Crippen LogP contribution is -2.24. The van der Waals surface area contributed by atoms with Crippen LogP contribution in [0.4, 0.5) is 0 Å². The Hall–Kier alpha value is -1.30. The molecular weight excluding hydrogens is 198 g/mol. The molecule has 86 valence electrons. The number of hydrogen-bond acceptors (Lipinski definition) is 2. The molecule has 0 aliphatic rings. The maximum Gasteiger partial charge on any atom is 0.0626 e. The summed E-state index contributed by atoms with van der Waals surface area (Å²) in [6.07, 6.45) is 1.04. The van der Waals surface area contributed by atoms with Gasteiger partial charge in [-0.15, -0.1) is 5.92 Å². The predicted molar refractivity (Wildman–Crippen MR) is 67.1 cm³/mol. The van der Waals surface area contributed by atoms with Gasteiger partial charge in [-0.2, -0.15) is 0 Å². The number of aliphatic hydroxyl groups excluding tert-OH is 1. The lowest BCUT2D eigenvalue weighted by atomic mass is 10.0. The fourth-order valence-electron chi connectivity index (χ4n) is 1.54. The SMILES string of the molecule is CC#CCN[C@H](CO)c1ccc(CC)cc1. The second-order valence-electron chi connectivity index (χ2n) is 3.64. The first-order valence-corrected chi connectivity index (χ1v) is 5.64. The number of aryl methyl sites for hydroxylation is 1. The molecule has 0 heterocycles. The van der Waals surface area contributed by atoms with E-state index in [4.69, 9.17) is 0 Å². The molecule has 0 aliphatic carbocycles. The van der Waals surface area contributed by atoms with E-state index in [1.165, 1.54) is 5.56 Å². The van der Waals surface area contributed by atoms with Crippen molar-refractivity contribution >= 4 is 0 Å². The summed E-state index contributed by atoms with van der Waals surface area (Å²) >= 11 is 0. The van der Waals surface area contributed by atoms with Crippen molar-refractivity contribution < 1.29 is 5.11 Å². The highest BCUT2D eigenvalue weighted by atomic mass is 16.3. The van der Waals surface area contributed by atoms with Gasteiger partial charge in [0.05, 0.1) is 19.2 Å². The molecule has 2 nitrogen and oxygen atoms in total. The molecule has 0 unspecified atom stereocenters. The van der Waals surface area contributed by atoms with Gasteiger partial charge in [0.25, 0.3) is 0 Å². The van der Waals surface area contributed by atoms with Gasteiger partial charge in [0.15, 0.2) is 0 Å². The van der Waals surface area contributed by atoms with Crippen molar-refractivity contribution in [1.82, 2.24) is 5.32 Å². The molecule has 2 heteroatoms. The van der Waals surface area contributed by atoms with Gasteiger partial charge in [-0.3, -0.25) is 5.32 Å². The normalized spacial score (nSPS) is 11.7. The van der Waals surface area contributed by atoms with Crippen LogP contribution in [0.5, 0.6) is 0 Å². The topological polar surface area (TPSA) is 32.3 Å². The molecular formula is C14H19NO. The van der Waals surface area contributed by atoms with Gasteiger partial charge in [0.1, 0.15) is 0 Å². The van der Waals surface area contributed by atoms with E-state index in [-0.39, 0.29) is 12.6 Å². The summed E-state index contributed by atoms with van der Waals surface area (Å²) in [6, 6.07) is 8.31. The standard InChI is InChI=1S/C14H19NO/c1-3-5-10-15-14(11-16)13-8-6-12(4-2)7-9-13/h6-9,14-16H,4,10-11H2,1-2H3/t14-/m1/s1. The molecule has 0 saturated carbocycles. The maximum absolute atomic E-state index is 9.29. The molecule has 0 saturated heterocycles. The van der Waals surface area contributed by atoms with Gasteiger partial charge in [0, 0.05) is 0 Å².